The van der Waals surface area contributed by atoms with Crippen LogP contribution in [0.4, 0.5) is 0 Å². The second-order valence-electron chi connectivity index (χ2n) is 4.13. The molecule has 1 aromatic carbocycles. The number of ether oxygens (including phenoxy) is 1. The third kappa shape index (κ3) is 3.30. The molecule has 1 aromatic heterocycles. The fourth-order valence-corrected chi connectivity index (χ4v) is 1.78. The molecule has 5 nitrogen and oxygen atoms in total. The molecule has 5 heteroatoms. The van der Waals surface area contributed by atoms with Crippen LogP contribution in [0.15, 0.2) is 24.5 Å². The number of nitrogens with zero attached hydrogens (tertiary/aromatic N) is 1. The van der Waals surface area contributed by atoms with Crippen molar-refractivity contribution in [3.05, 3.63) is 30.1 Å². The third-order valence-corrected chi connectivity index (χ3v) is 2.70. The molecular weight excluding hydrogens is 230 g/mol. The molecule has 2 N–H and O–H groups in total. The number of carbonyl (C=O) groups excluding carboxylic acids is 1. The van der Waals surface area contributed by atoms with Gasteiger partial charge in [0.05, 0.1) is 23.8 Å². The van der Waals surface area contributed by atoms with Crippen molar-refractivity contribution in [1.82, 2.24) is 15.3 Å². The van der Waals surface area contributed by atoms with Crippen LogP contribution < -0.4 is 5.32 Å². The summed E-state index contributed by atoms with van der Waals surface area (Å²) in [6.45, 7) is 1.32. The summed E-state index contributed by atoms with van der Waals surface area (Å²) >= 11 is 0. The summed E-state index contributed by atoms with van der Waals surface area (Å²) in [4.78, 5) is 18.8. The molecular formula is C13H17N3O2. The number of aromatic nitrogens is 2. The molecule has 0 aliphatic rings. The lowest BCUT2D eigenvalue weighted by molar-refractivity contribution is -0.120. The molecule has 0 atom stereocenters. The van der Waals surface area contributed by atoms with E-state index in [4.69, 9.17) is 4.74 Å². The number of rotatable bonds is 6. The predicted octanol–water partition coefficient (Wildman–Crippen LogP) is 1.26. The average Bonchev–Trinajstić information content (AvgIpc) is 2.82. The van der Waals surface area contributed by atoms with Crippen LogP contribution in [-0.2, 0) is 16.0 Å². The third-order valence-electron chi connectivity index (χ3n) is 2.70. The molecule has 96 valence electrons. The van der Waals surface area contributed by atoms with Crippen molar-refractivity contribution in [2.24, 2.45) is 0 Å². The number of amides is 1. The number of nitrogens with one attached hydrogen (secondary N) is 2. The van der Waals surface area contributed by atoms with Crippen LogP contribution in [0, 0.1) is 0 Å². The monoisotopic (exact) mass is 247 g/mol. The molecule has 1 heterocycles. The second-order valence-corrected chi connectivity index (χ2v) is 4.13. The Morgan fingerprint density at radius 2 is 2.39 bits per heavy atom. The van der Waals surface area contributed by atoms with Crippen LogP contribution in [0.5, 0.6) is 0 Å². The van der Waals surface area contributed by atoms with Crippen molar-refractivity contribution in [3.8, 4) is 0 Å². The molecule has 0 bridgehead atoms. The van der Waals surface area contributed by atoms with Gasteiger partial charge in [0.1, 0.15) is 0 Å². The Hall–Kier alpha value is -1.88. The second kappa shape index (κ2) is 6.16. The van der Waals surface area contributed by atoms with Crippen molar-refractivity contribution in [3.63, 3.8) is 0 Å². The van der Waals surface area contributed by atoms with E-state index in [-0.39, 0.29) is 5.91 Å². The van der Waals surface area contributed by atoms with Crippen LogP contribution in [0.2, 0.25) is 0 Å². The Labute approximate surface area is 106 Å². The number of fused-ring (bicyclic) bond motifs is 1. The van der Waals surface area contributed by atoms with Gasteiger partial charge in [0.15, 0.2) is 0 Å². The molecule has 0 radical (unpaired) electrons. The highest BCUT2D eigenvalue weighted by molar-refractivity contribution is 5.81. The predicted molar refractivity (Wildman–Crippen MR) is 69.3 cm³/mol. The van der Waals surface area contributed by atoms with Gasteiger partial charge in [0.25, 0.3) is 0 Å². The van der Waals surface area contributed by atoms with E-state index in [1.165, 1.54) is 0 Å². The Morgan fingerprint density at radius 1 is 1.50 bits per heavy atom. The first-order valence-electron chi connectivity index (χ1n) is 5.97. The molecule has 0 saturated heterocycles. The summed E-state index contributed by atoms with van der Waals surface area (Å²) in [6.07, 6.45) is 2.88. The summed E-state index contributed by atoms with van der Waals surface area (Å²) in [5.74, 6) is 0.0324. The fraction of sp³-hybridized carbons (Fsp3) is 0.385. The summed E-state index contributed by atoms with van der Waals surface area (Å²) in [6, 6.07) is 5.80. The van der Waals surface area contributed by atoms with Gasteiger partial charge in [0, 0.05) is 20.3 Å². The number of carbonyl (C=O) groups is 1. The van der Waals surface area contributed by atoms with Crippen LogP contribution in [0.1, 0.15) is 12.0 Å². The van der Waals surface area contributed by atoms with Crippen LogP contribution in [0.3, 0.4) is 0 Å². The maximum Gasteiger partial charge on any atom is 0.224 e. The van der Waals surface area contributed by atoms with E-state index >= 15 is 0 Å². The SMILES string of the molecule is COCCCNC(=O)Cc1ccc2nc[nH]c2c1. The van der Waals surface area contributed by atoms with E-state index < -0.39 is 0 Å². The molecule has 2 rings (SSSR count). The van der Waals surface area contributed by atoms with E-state index in [2.05, 4.69) is 15.3 Å². The summed E-state index contributed by atoms with van der Waals surface area (Å²) in [5.41, 5.74) is 2.86. The smallest absolute Gasteiger partial charge is 0.224 e. The van der Waals surface area contributed by atoms with Gasteiger partial charge in [-0.05, 0) is 24.1 Å². The van der Waals surface area contributed by atoms with Crippen LogP contribution >= 0.6 is 0 Å². The molecule has 0 unspecified atom stereocenters. The number of benzene rings is 1. The van der Waals surface area contributed by atoms with E-state index in [0.717, 1.165) is 23.0 Å². The molecule has 0 aliphatic heterocycles. The van der Waals surface area contributed by atoms with Crippen molar-refractivity contribution >= 4 is 16.9 Å². The lowest BCUT2D eigenvalue weighted by Crippen LogP contribution is -2.26. The topological polar surface area (TPSA) is 67.0 Å². The summed E-state index contributed by atoms with van der Waals surface area (Å²) in [5, 5.41) is 2.86. The van der Waals surface area contributed by atoms with E-state index in [9.17, 15) is 4.79 Å². The zero-order chi connectivity index (χ0) is 12.8. The van der Waals surface area contributed by atoms with Crippen LogP contribution in [-0.4, -0.2) is 36.1 Å². The van der Waals surface area contributed by atoms with Crippen LogP contribution in [0.25, 0.3) is 11.0 Å². The minimum absolute atomic E-state index is 0.0324. The number of methoxy groups -OCH3 is 1. The van der Waals surface area contributed by atoms with Crippen molar-refractivity contribution in [2.45, 2.75) is 12.8 Å². The highest BCUT2D eigenvalue weighted by atomic mass is 16.5. The number of hydrogen-bond donors (Lipinski definition) is 2. The van der Waals surface area contributed by atoms with Gasteiger partial charge in [-0.2, -0.15) is 0 Å². The number of H-pyrrole nitrogens is 1. The lowest BCUT2D eigenvalue weighted by Gasteiger charge is -2.05. The Morgan fingerprint density at radius 3 is 3.22 bits per heavy atom. The van der Waals surface area contributed by atoms with Crippen molar-refractivity contribution in [1.29, 1.82) is 0 Å². The van der Waals surface area contributed by atoms with Gasteiger partial charge in [0.2, 0.25) is 5.91 Å². The number of imidazole rings is 1. The minimum atomic E-state index is 0.0324. The zero-order valence-electron chi connectivity index (χ0n) is 10.4. The minimum Gasteiger partial charge on any atom is -0.385 e. The van der Waals surface area contributed by atoms with Crippen molar-refractivity contribution in [2.75, 3.05) is 20.3 Å². The zero-order valence-corrected chi connectivity index (χ0v) is 10.4. The molecule has 0 aliphatic carbocycles. The Bertz CT molecular complexity index is 522. The van der Waals surface area contributed by atoms with Gasteiger partial charge < -0.3 is 15.0 Å². The molecule has 18 heavy (non-hydrogen) atoms. The molecule has 0 saturated carbocycles. The molecule has 0 fully saturated rings. The van der Waals surface area contributed by atoms with E-state index in [0.29, 0.717) is 19.6 Å². The standard InChI is InChI=1S/C13H17N3O2/c1-18-6-2-5-14-13(17)8-10-3-4-11-12(7-10)16-9-15-11/h3-4,7,9H,2,5-6,8H2,1H3,(H,14,17)(H,15,16). The van der Waals surface area contributed by atoms with Gasteiger partial charge >= 0.3 is 0 Å². The molecule has 2 aromatic rings. The quantitative estimate of drug-likeness (QED) is 0.755. The normalized spacial score (nSPS) is 10.7. The first kappa shape index (κ1) is 12.6. The first-order valence-corrected chi connectivity index (χ1v) is 5.97. The lowest BCUT2D eigenvalue weighted by atomic mass is 10.1. The molecule has 1 amide bonds. The number of aromatic amines is 1. The van der Waals surface area contributed by atoms with E-state index in [1.807, 2.05) is 18.2 Å². The van der Waals surface area contributed by atoms with Gasteiger partial charge in [-0.15, -0.1) is 0 Å². The highest BCUT2D eigenvalue weighted by Crippen LogP contribution is 2.11. The maximum atomic E-state index is 11.7. The first-order chi connectivity index (χ1) is 8.79. The van der Waals surface area contributed by atoms with Gasteiger partial charge in [-0.3, -0.25) is 4.79 Å². The summed E-state index contributed by atoms with van der Waals surface area (Å²) in [7, 11) is 1.65. The summed E-state index contributed by atoms with van der Waals surface area (Å²) < 4.78 is 4.92. The molecule has 0 spiro atoms. The van der Waals surface area contributed by atoms with Gasteiger partial charge in [-0.25, -0.2) is 4.98 Å². The fourth-order valence-electron chi connectivity index (χ4n) is 1.78. The Kier molecular flexibility index (Phi) is 4.30. The number of hydrogen-bond acceptors (Lipinski definition) is 3. The van der Waals surface area contributed by atoms with E-state index in [1.54, 1.807) is 13.4 Å². The highest BCUT2D eigenvalue weighted by Gasteiger charge is 2.04. The van der Waals surface area contributed by atoms with Gasteiger partial charge in [-0.1, -0.05) is 6.07 Å². The Balaban J connectivity index is 1.86. The largest absolute Gasteiger partial charge is 0.385 e. The van der Waals surface area contributed by atoms with Crippen molar-refractivity contribution < 1.29 is 9.53 Å². The maximum absolute atomic E-state index is 11.7. The average molecular weight is 247 g/mol.